The van der Waals surface area contributed by atoms with E-state index >= 15 is 0 Å². The molecule has 0 saturated carbocycles. The first-order chi connectivity index (χ1) is 8.50. The van der Waals surface area contributed by atoms with Crippen LogP contribution in [-0.2, 0) is 0 Å². The van der Waals surface area contributed by atoms with E-state index in [0.29, 0.717) is 6.42 Å². The van der Waals surface area contributed by atoms with Crippen molar-refractivity contribution in [3.05, 3.63) is 35.6 Å². The van der Waals surface area contributed by atoms with Gasteiger partial charge in [-0.25, -0.2) is 4.39 Å². The van der Waals surface area contributed by atoms with Gasteiger partial charge in [0.1, 0.15) is 5.82 Å². The molecule has 0 unspecified atom stereocenters. The number of hydrogen-bond acceptors (Lipinski definition) is 2. The fourth-order valence-electron chi connectivity index (χ4n) is 2.64. The molecular weight excluding hydrogens is 229 g/mol. The lowest BCUT2D eigenvalue weighted by Crippen LogP contribution is -2.39. The van der Waals surface area contributed by atoms with Crippen LogP contribution >= 0.6 is 0 Å². The molecule has 0 amide bonds. The first kappa shape index (κ1) is 13.2. The molecular formula is C15H20FNO. The van der Waals surface area contributed by atoms with Gasteiger partial charge in [-0.15, -0.1) is 0 Å². The Morgan fingerprint density at radius 1 is 1.39 bits per heavy atom. The maximum absolute atomic E-state index is 13.5. The number of Topliss-reactive ketones (excluding diaryl/α,β-unsaturated/α-hetero) is 1. The number of halogens is 1. The van der Waals surface area contributed by atoms with Crippen LogP contribution < -0.4 is 0 Å². The normalized spacial score (nSPS) is 19.1. The molecule has 1 aromatic carbocycles. The predicted molar refractivity (Wildman–Crippen MR) is 70.2 cm³/mol. The molecule has 0 N–H and O–H groups in total. The van der Waals surface area contributed by atoms with Crippen molar-refractivity contribution < 1.29 is 9.18 Å². The van der Waals surface area contributed by atoms with Crippen molar-refractivity contribution in [2.24, 2.45) is 0 Å². The van der Waals surface area contributed by atoms with Gasteiger partial charge in [-0.05, 0) is 45.4 Å². The zero-order valence-electron chi connectivity index (χ0n) is 11.1. The molecule has 1 heterocycles. The van der Waals surface area contributed by atoms with Crippen molar-refractivity contribution in [3.8, 4) is 0 Å². The summed E-state index contributed by atoms with van der Waals surface area (Å²) in [4.78, 5) is 14.3. The SMILES string of the molecule is CC1(C)CCCN1CCC(=O)c1ccccc1F. The van der Waals surface area contributed by atoms with E-state index in [9.17, 15) is 9.18 Å². The van der Waals surface area contributed by atoms with Crippen LogP contribution in [0.3, 0.4) is 0 Å². The second-order valence-electron chi connectivity index (χ2n) is 5.56. The number of likely N-dealkylation sites (tertiary alicyclic amines) is 1. The monoisotopic (exact) mass is 249 g/mol. The summed E-state index contributed by atoms with van der Waals surface area (Å²) in [6, 6.07) is 6.21. The maximum atomic E-state index is 13.5. The number of carbonyl (C=O) groups is 1. The van der Waals surface area contributed by atoms with E-state index in [1.165, 1.54) is 18.9 Å². The van der Waals surface area contributed by atoms with Gasteiger partial charge in [-0.1, -0.05) is 12.1 Å². The van der Waals surface area contributed by atoms with Crippen LogP contribution in [0.4, 0.5) is 4.39 Å². The highest BCUT2D eigenvalue weighted by atomic mass is 19.1. The first-order valence-electron chi connectivity index (χ1n) is 6.53. The lowest BCUT2D eigenvalue weighted by molar-refractivity contribution is 0.0938. The molecule has 0 aliphatic carbocycles. The summed E-state index contributed by atoms with van der Waals surface area (Å²) in [6.45, 7) is 6.17. The van der Waals surface area contributed by atoms with Gasteiger partial charge in [0.25, 0.3) is 0 Å². The van der Waals surface area contributed by atoms with Crippen LogP contribution in [0.5, 0.6) is 0 Å². The summed E-state index contributed by atoms with van der Waals surface area (Å²) in [6.07, 6.45) is 2.74. The molecule has 1 saturated heterocycles. The molecule has 1 fully saturated rings. The fourth-order valence-corrected chi connectivity index (χ4v) is 2.64. The number of ketones is 1. The highest BCUT2D eigenvalue weighted by Crippen LogP contribution is 2.28. The van der Waals surface area contributed by atoms with Crippen LogP contribution in [-0.4, -0.2) is 29.3 Å². The Bertz CT molecular complexity index is 442. The summed E-state index contributed by atoms with van der Waals surface area (Å²) in [5.41, 5.74) is 0.393. The molecule has 0 radical (unpaired) electrons. The molecule has 2 rings (SSSR count). The molecule has 98 valence electrons. The van der Waals surface area contributed by atoms with Crippen molar-refractivity contribution in [1.29, 1.82) is 0 Å². The Balaban J connectivity index is 1.95. The maximum Gasteiger partial charge on any atom is 0.167 e. The van der Waals surface area contributed by atoms with Gasteiger partial charge in [0.15, 0.2) is 5.78 Å². The second-order valence-corrected chi connectivity index (χ2v) is 5.56. The number of nitrogens with zero attached hydrogens (tertiary/aromatic N) is 1. The minimum Gasteiger partial charge on any atom is -0.298 e. The van der Waals surface area contributed by atoms with Gasteiger partial charge >= 0.3 is 0 Å². The summed E-state index contributed by atoms with van der Waals surface area (Å²) >= 11 is 0. The van der Waals surface area contributed by atoms with Crippen LogP contribution in [0, 0.1) is 5.82 Å². The average molecular weight is 249 g/mol. The van der Waals surface area contributed by atoms with E-state index in [4.69, 9.17) is 0 Å². The van der Waals surface area contributed by atoms with Crippen molar-refractivity contribution in [3.63, 3.8) is 0 Å². The van der Waals surface area contributed by atoms with Gasteiger partial charge in [-0.2, -0.15) is 0 Å². The second kappa shape index (κ2) is 5.19. The van der Waals surface area contributed by atoms with Crippen LogP contribution in [0.1, 0.15) is 43.5 Å². The highest BCUT2D eigenvalue weighted by Gasteiger charge is 2.31. The summed E-state index contributed by atoms with van der Waals surface area (Å²) in [5, 5.41) is 0. The van der Waals surface area contributed by atoms with Crippen molar-refractivity contribution in [2.75, 3.05) is 13.1 Å². The first-order valence-corrected chi connectivity index (χ1v) is 6.53. The molecule has 3 heteroatoms. The molecule has 0 atom stereocenters. The minimum atomic E-state index is -0.414. The van der Waals surface area contributed by atoms with Crippen LogP contribution in [0.2, 0.25) is 0 Å². The van der Waals surface area contributed by atoms with Crippen LogP contribution in [0.25, 0.3) is 0 Å². The smallest absolute Gasteiger partial charge is 0.167 e. The van der Waals surface area contributed by atoms with E-state index in [1.54, 1.807) is 18.2 Å². The fraction of sp³-hybridized carbons (Fsp3) is 0.533. The number of hydrogen-bond donors (Lipinski definition) is 0. The third kappa shape index (κ3) is 2.78. The zero-order chi connectivity index (χ0) is 13.2. The molecule has 1 aliphatic rings. The Labute approximate surface area is 108 Å². The standard InChI is InChI=1S/C15H20FNO/c1-15(2)9-5-10-17(15)11-8-14(18)12-6-3-4-7-13(12)16/h3-4,6-7H,5,8-11H2,1-2H3. The Morgan fingerprint density at radius 3 is 2.72 bits per heavy atom. The van der Waals surface area contributed by atoms with E-state index in [-0.39, 0.29) is 16.9 Å². The molecule has 0 bridgehead atoms. The van der Waals surface area contributed by atoms with Crippen molar-refractivity contribution in [2.45, 2.75) is 38.6 Å². The number of carbonyl (C=O) groups excluding carboxylic acids is 1. The third-order valence-electron chi connectivity index (χ3n) is 3.86. The number of benzene rings is 1. The average Bonchev–Trinajstić information content (AvgIpc) is 2.66. The highest BCUT2D eigenvalue weighted by molar-refractivity contribution is 5.96. The summed E-state index contributed by atoms with van der Waals surface area (Å²) in [7, 11) is 0. The van der Waals surface area contributed by atoms with Crippen LogP contribution in [0.15, 0.2) is 24.3 Å². The number of rotatable bonds is 4. The van der Waals surface area contributed by atoms with Gasteiger partial charge in [-0.3, -0.25) is 9.69 Å². The van der Waals surface area contributed by atoms with E-state index < -0.39 is 5.82 Å². The van der Waals surface area contributed by atoms with E-state index in [1.807, 2.05) is 0 Å². The molecule has 2 nitrogen and oxygen atoms in total. The van der Waals surface area contributed by atoms with Gasteiger partial charge in [0.05, 0.1) is 5.56 Å². The molecule has 18 heavy (non-hydrogen) atoms. The molecule has 0 spiro atoms. The largest absolute Gasteiger partial charge is 0.298 e. The van der Waals surface area contributed by atoms with Crippen molar-refractivity contribution >= 4 is 5.78 Å². The quantitative estimate of drug-likeness (QED) is 0.763. The topological polar surface area (TPSA) is 20.3 Å². The van der Waals surface area contributed by atoms with Crippen molar-refractivity contribution in [1.82, 2.24) is 4.90 Å². The van der Waals surface area contributed by atoms with Gasteiger partial charge < -0.3 is 0 Å². The molecule has 0 aromatic heterocycles. The Hall–Kier alpha value is -1.22. The Kier molecular flexibility index (Phi) is 3.81. The third-order valence-corrected chi connectivity index (χ3v) is 3.86. The molecule has 1 aliphatic heterocycles. The van der Waals surface area contributed by atoms with E-state index in [0.717, 1.165) is 13.1 Å². The summed E-state index contributed by atoms with van der Waals surface area (Å²) < 4.78 is 13.5. The summed E-state index contributed by atoms with van der Waals surface area (Å²) in [5.74, 6) is -0.515. The molecule has 1 aromatic rings. The van der Waals surface area contributed by atoms with Gasteiger partial charge in [0.2, 0.25) is 0 Å². The lowest BCUT2D eigenvalue weighted by atomic mass is 10.0. The minimum absolute atomic E-state index is 0.101. The van der Waals surface area contributed by atoms with E-state index in [2.05, 4.69) is 18.7 Å². The zero-order valence-corrected chi connectivity index (χ0v) is 11.1. The predicted octanol–water partition coefficient (Wildman–Crippen LogP) is 3.27. The Morgan fingerprint density at radius 2 is 2.11 bits per heavy atom. The van der Waals surface area contributed by atoms with Gasteiger partial charge in [0, 0.05) is 18.5 Å². The lowest BCUT2D eigenvalue weighted by Gasteiger charge is -2.31.